The molecule has 1 heterocycles. The Bertz CT molecular complexity index is 1110. The van der Waals surface area contributed by atoms with Gasteiger partial charge in [-0.1, -0.05) is 54.1 Å². The zero-order valence-electron chi connectivity index (χ0n) is 16.4. The Kier molecular flexibility index (Phi) is 5.60. The number of sulfonamides is 1. The molecule has 1 aromatic heterocycles. The summed E-state index contributed by atoms with van der Waals surface area (Å²) >= 11 is 0. The van der Waals surface area contributed by atoms with Crippen molar-refractivity contribution < 1.29 is 8.42 Å². The van der Waals surface area contributed by atoms with Crippen molar-refractivity contribution in [1.29, 1.82) is 0 Å². The van der Waals surface area contributed by atoms with E-state index in [1.165, 1.54) is 0 Å². The number of aryl methyl sites for hydroxylation is 1. The van der Waals surface area contributed by atoms with E-state index in [4.69, 9.17) is 0 Å². The zero-order valence-corrected chi connectivity index (χ0v) is 17.2. The van der Waals surface area contributed by atoms with E-state index < -0.39 is 16.1 Å². The maximum absolute atomic E-state index is 13.2. The first kappa shape index (κ1) is 19.6. The minimum Gasteiger partial charge on any atom is -0.257 e. The van der Waals surface area contributed by atoms with Crippen molar-refractivity contribution in [2.24, 2.45) is 0 Å². The quantitative estimate of drug-likeness (QED) is 0.626. The van der Waals surface area contributed by atoms with Crippen LogP contribution in [0.4, 0.5) is 0 Å². The molecule has 0 radical (unpaired) electrons. The number of pyridine rings is 1. The predicted molar refractivity (Wildman–Crippen MR) is 116 cm³/mol. The summed E-state index contributed by atoms with van der Waals surface area (Å²) < 4.78 is 29.3. The molecule has 0 fully saturated rings. The molecule has 148 valence electrons. The van der Waals surface area contributed by atoms with Crippen LogP contribution in [0, 0.1) is 6.92 Å². The lowest BCUT2D eigenvalue weighted by Crippen LogP contribution is -2.30. The van der Waals surface area contributed by atoms with E-state index in [1.54, 1.807) is 18.3 Å². The molecule has 1 aliphatic rings. The van der Waals surface area contributed by atoms with Gasteiger partial charge in [-0.2, -0.15) is 4.72 Å². The summed E-state index contributed by atoms with van der Waals surface area (Å²) in [6, 6.07) is 22.2. The van der Waals surface area contributed by atoms with E-state index in [0.717, 1.165) is 47.2 Å². The molecule has 0 unspecified atom stereocenters. The number of nitrogens with one attached hydrogen (secondary N) is 1. The van der Waals surface area contributed by atoms with Crippen LogP contribution in [0.15, 0.2) is 89.5 Å². The van der Waals surface area contributed by atoms with Gasteiger partial charge in [0.1, 0.15) is 0 Å². The van der Waals surface area contributed by atoms with Crippen LogP contribution in [-0.4, -0.2) is 13.4 Å². The van der Waals surface area contributed by atoms with E-state index >= 15 is 0 Å². The molecule has 2 aromatic carbocycles. The second-order valence-electron chi connectivity index (χ2n) is 7.35. The number of hydrogen-bond donors (Lipinski definition) is 1. The normalized spacial score (nSPS) is 15.5. The molecule has 0 saturated heterocycles. The van der Waals surface area contributed by atoms with Gasteiger partial charge in [0.15, 0.2) is 0 Å². The highest BCUT2D eigenvalue weighted by Gasteiger charge is 2.29. The fourth-order valence-corrected chi connectivity index (χ4v) is 5.07. The van der Waals surface area contributed by atoms with Crippen LogP contribution < -0.4 is 4.72 Å². The molecule has 3 aromatic rings. The first-order chi connectivity index (χ1) is 14.0. The predicted octanol–water partition coefficient (Wildman–Crippen LogP) is 5.05. The molecule has 4 rings (SSSR count). The fourth-order valence-electron chi connectivity index (χ4n) is 3.85. The van der Waals surface area contributed by atoms with Crippen molar-refractivity contribution in [2.45, 2.75) is 37.1 Å². The van der Waals surface area contributed by atoms with Crippen LogP contribution in [-0.2, 0) is 10.0 Å². The van der Waals surface area contributed by atoms with E-state index in [2.05, 4.69) is 9.71 Å². The summed E-state index contributed by atoms with van der Waals surface area (Å²) in [6.45, 7) is 1.94. The van der Waals surface area contributed by atoms with Crippen molar-refractivity contribution in [3.05, 3.63) is 101 Å². The Hall–Kier alpha value is -2.76. The van der Waals surface area contributed by atoms with Crippen molar-refractivity contribution in [3.8, 4) is 0 Å². The number of aromatic nitrogens is 1. The number of nitrogens with zero attached hydrogens (tertiary/aromatic N) is 1. The first-order valence-corrected chi connectivity index (χ1v) is 11.3. The summed E-state index contributed by atoms with van der Waals surface area (Å²) in [5.74, 6) is 0. The maximum Gasteiger partial charge on any atom is 0.241 e. The van der Waals surface area contributed by atoms with Gasteiger partial charge >= 0.3 is 0 Å². The summed E-state index contributed by atoms with van der Waals surface area (Å²) in [5.41, 5.74) is 5.14. The van der Waals surface area contributed by atoms with E-state index in [-0.39, 0.29) is 4.90 Å². The Labute approximate surface area is 172 Å². The van der Waals surface area contributed by atoms with Crippen molar-refractivity contribution in [1.82, 2.24) is 9.71 Å². The average Bonchev–Trinajstić information content (AvgIpc) is 3.23. The average molecular weight is 405 g/mol. The topological polar surface area (TPSA) is 59.1 Å². The van der Waals surface area contributed by atoms with Gasteiger partial charge in [-0.05, 0) is 67.2 Å². The highest BCUT2D eigenvalue weighted by atomic mass is 32.2. The van der Waals surface area contributed by atoms with Crippen LogP contribution in [0.3, 0.4) is 0 Å². The first-order valence-electron chi connectivity index (χ1n) is 9.82. The van der Waals surface area contributed by atoms with Crippen molar-refractivity contribution in [2.75, 3.05) is 0 Å². The lowest BCUT2D eigenvalue weighted by atomic mass is 9.95. The molecular formula is C24H24N2O2S. The summed E-state index contributed by atoms with van der Waals surface area (Å²) in [7, 11) is -3.67. The van der Waals surface area contributed by atoms with Gasteiger partial charge in [0.25, 0.3) is 0 Å². The van der Waals surface area contributed by atoms with Crippen LogP contribution in [0.2, 0.25) is 0 Å². The van der Waals surface area contributed by atoms with Crippen LogP contribution in [0.25, 0.3) is 5.57 Å². The lowest BCUT2D eigenvalue weighted by molar-refractivity contribution is 0.568. The molecule has 0 bridgehead atoms. The van der Waals surface area contributed by atoms with E-state index in [1.807, 2.05) is 67.6 Å². The van der Waals surface area contributed by atoms with Crippen molar-refractivity contribution in [3.63, 3.8) is 0 Å². The molecule has 1 atom stereocenters. The van der Waals surface area contributed by atoms with E-state index in [0.29, 0.717) is 0 Å². The van der Waals surface area contributed by atoms with Gasteiger partial charge in [-0.25, -0.2) is 8.42 Å². The third kappa shape index (κ3) is 4.31. The third-order valence-electron chi connectivity index (χ3n) is 5.32. The van der Waals surface area contributed by atoms with Crippen LogP contribution in [0.5, 0.6) is 0 Å². The number of allylic oxidation sites excluding steroid dienone is 1. The second kappa shape index (κ2) is 8.31. The molecular weight excluding hydrogens is 380 g/mol. The third-order valence-corrected chi connectivity index (χ3v) is 6.76. The van der Waals surface area contributed by atoms with Gasteiger partial charge < -0.3 is 0 Å². The number of hydrogen-bond acceptors (Lipinski definition) is 3. The van der Waals surface area contributed by atoms with Crippen molar-refractivity contribution >= 4 is 15.6 Å². The molecule has 0 saturated carbocycles. The zero-order chi connectivity index (χ0) is 20.3. The van der Waals surface area contributed by atoms with Crippen LogP contribution >= 0.6 is 0 Å². The second-order valence-corrected chi connectivity index (χ2v) is 9.06. The highest BCUT2D eigenvalue weighted by molar-refractivity contribution is 7.89. The van der Waals surface area contributed by atoms with Gasteiger partial charge in [-0.15, -0.1) is 0 Å². The smallest absolute Gasteiger partial charge is 0.241 e. The molecule has 4 nitrogen and oxygen atoms in total. The Morgan fingerprint density at radius 3 is 2.31 bits per heavy atom. The Morgan fingerprint density at radius 1 is 0.897 bits per heavy atom. The van der Waals surface area contributed by atoms with Gasteiger partial charge in [-0.3, -0.25) is 4.98 Å². The van der Waals surface area contributed by atoms with Gasteiger partial charge in [0.05, 0.1) is 16.6 Å². The van der Waals surface area contributed by atoms with E-state index in [9.17, 15) is 8.42 Å². The molecule has 5 heteroatoms. The molecule has 1 N–H and O–H groups in total. The molecule has 29 heavy (non-hydrogen) atoms. The minimum atomic E-state index is -3.67. The molecule has 0 aliphatic heterocycles. The minimum absolute atomic E-state index is 0.280. The number of benzene rings is 2. The molecule has 0 spiro atoms. The Balaban J connectivity index is 1.78. The standard InChI is InChI=1S/C24H24N2O2S/c1-18-13-15-20(16-14-18)29(27,28)26-24(19-8-3-2-4-9-19)22-11-7-10-21(22)23-12-5-6-17-25-23/h2-6,8-9,12-17,24,26H,7,10-11H2,1H3/t24-/m0/s1. The largest absolute Gasteiger partial charge is 0.257 e. The summed E-state index contributed by atoms with van der Waals surface area (Å²) in [4.78, 5) is 4.80. The Morgan fingerprint density at radius 2 is 1.62 bits per heavy atom. The number of rotatable bonds is 6. The molecule has 0 amide bonds. The van der Waals surface area contributed by atoms with Gasteiger partial charge in [0.2, 0.25) is 10.0 Å². The lowest BCUT2D eigenvalue weighted by Gasteiger charge is -2.22. The summed E-state index contributed by atoms with van der Waals surface area (Å²) in [5, 5.41) is 0. The monoisotopic (exact) mass is 404 g/mol. The fraction of sp³-hybridized carbons (Fsp3) is 0.208. The van der Waals surface area contributed by atoms with Gasteiger partial charge in [0, 0.05) is 6.20 Å². The maximum atomic E-state index is 13.2. The SMILES string of the molecule is Cc1ccc(S(=O)(=O)N[C@H](C2=C(c3ccccn3)CCC2)c2ccccc2)cc1. The summed E-state index contributed by atoms with van der Waals surface area (Å²) in [6.07, 6.45) is 4.53. The molecule has 1 aliphatic carbocycles. The van der Waals surface area contributed by atoms with Crippen LogP contribution in [0.1, 0.15) is 42.1 Å². The highest BCUT2D eigenvalue weighted by Crippen LogP contribution is 2.40.